The lowest BCUT2D eigenvalue weighted by atomic mass is 10.0. The molecule has 0 aromatic heterocycles. The minimum atomic E-state index is -0.398. The van der Waals surface area contributed by atoms with E-state index in [-0.39, 0.29) is 35.6 Å². The minimum absolute atomic E-state index is 0.0735. The molecule has 30 heavy (non-hydrogen) atoms. The third-order valence-corrected chi connectivity index (χ3v) is 5.71. The predicted octanol–water partition coefficient (Wildman–Crippen LogP) is 4.35. The normalized spacial score (nSPS) is 19.7. The number of carbonyl (C=O) groups excluding carboxylic acids is 3. The summed E-state index contributed by atoms with van der Waals surface area (Å²) in [7, 11) is 1.33. The second-order valence-corrected chi connectivity index (χ2v) is 8.17. The fraction of sp³-hybridized carbons (Fsp3) is 0.320. The van der Waals surface area contributed by atoms with Gasteiger partial charge in [0.2, 0.25) is 0 Å². The number of benzene rings is 2. The number of rotatable bonds is 7. The lowest BCUT2D eigenvalue weighted by Gasteiger charge is -2.08. The van der Waals surface area contributed by atoms with E-state index in [1.165, 1.54) is 7.11 Å². The second kappa shape index (κ2) is 8.66. The molecule has 2 aromatic carbocycles. The molecule has 0 heterocycles. The smallest absolute Gasteiger partial charge is 0.333 e. The molecule has 1 fully saturated rings. The maximum atomic E-state index is 12.6. The molecule has 156 valence electrons. The summed E-state index contributed by atoms with van der Waals surface area (Å²) in [6.45, 7) is 5.72. The zero-order valence-corrected chi connectivity index (χ0v) is 17.7. The maximum Gasteiger partial charge on any atom is 0.333 e. The van der Waals surface area contributed by atoms with E-state index in [1.54, 1.807) is 43.3 Å². The van der Waals surface area contributed by atoms with E-state index < -0.39 is 5.97 Å². The van der Waals surface area contributed by atoms with Gasteiger partial charge in [-0.3, -0.25) is 9.59 Å². The van der Waals surface area contributed by atoms with Crippen molar-refractivity contribution in [1.82, 2.24) is 0 Å². The van der Waals surface area contributed by atoms with Crippen LogP contribution in [0.25, 0.3) is 0 Å². The van der Waals surface area contributed by atoms with Gasteiger partial charge in [0.25, 0.3) is 0 Å². The van der Waals surface area contributed by atoms with Crippen molar-refractivity contribution < 1.29 is 23.9 Å². The summed E-state index contributed by atoms with van der Waals surface area (Å²) in [5.41, 5.74) is 2.12. The van der Waals surface area contributed by atoms with Gasteiger partial charge in [0.15, 0.2) is 5.78 Å². The van der Waals surface area contributed by atoms with Crippen LogP contribution in [0.3, 0.4) is 0 Å². The van der Waals surface area contributed by atoms with E-state index in [2.05, 4.69) is 0 Å². The number of hydrogen-bond donors (Lipinski definition) is 0. The molecule has 0 aliphatic heterocycles. The highest BCUT2D eigenvalue weighted by Crippen LogP contribution is 2.59. The largest absolute Gasteiger partial charge is 0.466 e. The summed E-state index contributed by atoms with van der Waals surface area (Å²) in [5.74, 6) is -1.17. The third-order valence-electron chi connectivity index (χ3n) is 5.71. The number of allylic oxidation sites excluding steroid dienone is 1. The summed E-state index contributed by atoms with van der Waals surface area (Å²) in [6, 6.07) is 16.2. The van der Waals surface area contributed by atoms with Gasteiger partial charge in [-0.25, -0.2) is 4.79 Å². The zero-order valence-electron chi connectivity index (χ0n) is 17.7. The Labute approximate surface area is 176 Å². The highest BCUT2D eigenvalue weighted by Gasteiger charge is 2.61. The Kier molecular flexibility index (Phi) is 6.20. The highest BCUT2D eigenvalue weighted by molar-refractivity contribution is 6.09. The van der Waals surface area contributed by atoms with Crippen molar-refractivity contribution in [2.75, 3.05) is 7.11 Å². The highest BCUT2D eigenvalue weighted by atomic mass is 16.5. The Morgan fingerprint density at radius 1 is 1.00 bits per heavy atom. The molecule has 0 amide bonds. The van der Waals surface area contributed by atoms with Crippen molar-refractivity contribution in [3.63, 3.8) is 0 Å². The first-order valence-electron chi connectivity index (χ1n) is 9.87. The summed E-state index contributed by atoms with van der Waals surface area (Å²) < 4.78 is 10.3. The number of esters is 2. The first-order chi connectivity index (χ1) is 14.3. The molecule has 5 heteroatoms. The number of methoxy groups -OCH3 is 1. The molecule has 2 aromatic rings. The van der Waals surface area contributed by atoms with Gasteiger partial charge in [-0.05, 0) is 29.9 Å². The SMILES string of the molecule is COC(=O)/C(C)=C/[C@@H]1[C@@H](C(=O)OCc2cccc(C(=O)c3ccccc3)c2)C1(C)C. The van der Waals surface area contributed by atoms with Crippen molar-refractivity contribution >= 4 is 17.7 Å². The Hall–Kier alpha value is -3.21. The molecule has 1 aliphatic rings. The predicted molar refractivity (Wildman–Crippen MR) is 113 cm³/mol. The van der Waals surface area contributed by atoms with E-state index in [9.17, 15) is 14.4 Å². The molecule has 1 aliphatic carbocycles. The lowest BCUT2D eigenvalue weighted by molar-refractivity contribution is -0.147. The van der Waals surface area contributed by atoms with Gasteiger partial charge >= 0.3 is 11.9 Å². The van der Waals surface area contributed by atoms with Crippen molar-refractivity contribution in [2.24, 2.45) is 17.3 Å². The first kappa shape index (κ1) is 21.5. The minimum Gasteiger partial charge on any atom is -0.466 e. The molecule has 1 saturated carbocycles. The molecule has 0 spiro atoms. The fourth-order valence-electron chi connectivity index (χ4n) is 3.74. The van der Waals surface area contributed by atoms with E-state index >= 15 is 0 Å². The quantitative estimate of drug-likeness (QED) is 0.388. The summed E-state index contributed by atoms with van der Waals surface area (Å²) in [5, 5.41) is 0. The van der Waals surface area contributed by atoms with Crippen LogP contribution in [0, 0.1) is 17.3 Å². The average molecular weight is 406 g/mol. The van der Waals surface area contributed by atoms with Crippen LogP contribution in [0.5, 0.6) is 0 Å². The van der Waals surface area contributed by atoms with E-state index in [0.29, 0.717) is 16.7 Å². The first-order valence-corrected chi connectivity index (χ1v) is 9.87. The van der Waals surface area contributed by atoms with Crippen molar-refractivity contribution in [3.8, 4) is 0 Å². The van der Waals surface area contributed by atoms with Gasteiger partial charge in [0.1, 0.15) is 6.61 Å². The molecule has 2 atom stereocenters. The molecule has 0 radical (unpaired) electrons. The van der Waals surface area contributed by atoms with E-state index in [1.807, 2.05) is 38.1 Å². The Balaban J connectivity index is 1.64. The van der Waals surface area contributed by atoms with Crippen LogP contribution in [0.4, 0.5) is 0 Å². The Morgan fingerprint density at radius 3 is 2.33 bits per heavy atom. The average Bonchev–Trinajstić information content (AvgIpc) is 3.31. The maximum absolute atomic E-state index is 12.6. The topological polar surface area (TPSA) is 69.7 Å². The number of ketones is 1. The van der Waals surface area contributed by atoms with Gasteiger partial charge in [-0.15, -0.1) is 0 Å². The lowest BCUT2D eigenvalue weighted by Crippen LogP contribution is -2.11. The zero-order chi connectivity index (χ0) is 21.9. The van der Waals surface area contributed by atoms with Crippen LogP contribution in [0.1, 0.15) is 42.3 Å². The molecular weight excluding hydrogens is 380 g/mol. The molecule has 0 bridgehead atoms. The van der Waals surface area contributed by atoms with Crippen LogP contribution < -0.4 is 0 Å². The molecule has 3 rings (SSSR count). The van der Waals surface area contributed by atoms with Gasteiger partial charge in [0, 0.05) is 16.7 Å². The van der Waals surface area contributed by atoms with Crippen molar-refractivity contribution in [3.05, 3.63) is 82.9 Å². The van der Waals surface area contributed by atoms with Gasteiger partial charge in [-0.2, -0.15) is 0 Å². The third kappa shape index (κ3) is 4.51. The Bertz CT molecular complexity index is 988. The van der Waals surface area contributed by atoms with Crippen LogP contribution in [-0.4, -0.2) is 24.8 Å². The summed E-state index contributed by atoms with van der Waals surface area (Å²) >= 11 is 0. The second-order valence-electron chi connectivity index (χ2n) is 8.17. The molecular formula is C25H26O5. The fourth-order valence-corrected chi connectivity index (χ4v) is 3.74. The number of ether oxygens (including phenoxy) is 2. The van der Waals surface area contributed by atoms with E-state index in [4.69, 9.17) is 9.47 Å². The standard InChI is InChI=1S/C25H26O5/c1-16(23(27)29-4)13-20-21(25(20,2)3)24(28)30-15-17-9-8-12-19(14-17)22(26)18-10-6-5-7-11-18/h5-14,20-21H,15H2,1-4H3/b16-13+/t20-,21+/m1/s1. The van der Waals surface area contributed by atoms with Gasteiger partial charge < -0.3 is 9.47 Å². The van der Waals surface area contributed by atoms with Crippen molar-refractivity contribution in [2.45, 2.75) is 27.4 Å². The Morgan fingerprint density at radius 2 is 1.67 bits per heavy atom. The van der Waals surface area contributed by atoms with Crippen LogP contribution in [0.15, 0.2) is 66.2 Å². The number of carbonyl (C=O) groups is 3. The van der Waals surface area contributed by atoms with Crippen LogP contribution in [0.2, 0.25) is 0 Å². The van der Waals surface area contributed by atoms with Crippen LogP contribution in [-0.2, 0) is 25.7 Å². The van der Waals surface area contributed by atoms with Crippen LogP contribution >= 0.6 is 0 Å². The summed E-state index contributed by atoms with van der Waals surface area (Å²) in [4.78, 5) is 36.9. The molecule has 0 unspecified atom stereocenters. The number of hydrogen-bond acceptors (Lipinski definition) is 5. The molecule has 0 N–H and O–H groups in total. The van der Waals surface area contributed by atoms with Gasteiger partial charge in [0.05, 0.1) is 13.0 Å². The van der Waals surface area contributed by atoms with E-state index in [0.717, 1.165) is 5.56 Å². The van der Waals surface area contributed by atoms with Gasteiger partial charge in [-0.1, -0.05) is 68.5 Å². The van der Waals surface area contributed by atoms with Crippen molar-refractivity contribution in [1.29, 1.82) is 0 Å². The molecule has 0 saturated heterocycles. The monoisotopic (exact) mass is 406 g/mol. The molecule has 5 nitrogen and oxygen atoms in total. The summed E-state index contributed by atoms with van der Waals surface area (Å²) in [6.07, 6.45) is 1.79.